The quantitative estimate of drug-likeness (QED) is 0.292. The third-order valence-corrected chi connectivity index (χ3v) is 13.7. The summed E-state index contributed by atoms with van der Waals surface area (Å²) in [5.41, 5.74) is -0.614. The number of ketones is 1. The number of alkyl carbamates (subject to hydrolysis) is 1. The zero-order valence-corrected chi connectivity index (χ0v) is 34.5. The van der Waals surface area contributed by atoms with Gasteiger partial charge in [-0.15, -0.1) is 0 Å². The maximum absolute atomic E-state index is 14.7. The molecule has 2 N–H and O–H groups in total. The number of allylic oxidation sites excluding steroid dienone is 2. The standard InChI is InChI=1S/C42H56N4O10S/c1-25-34(53-5)19-18-30-35(21-36(44-37(25)30)55-27-13-11-14-27)54-28-20-32-33(47)23-42(39(49)45-57(51,52)29-16-17-29)22-26(42)12-9-7-6-8-10-15-31(38(48)46(32)24-28)43-40(50)56-41(2,3)4/h9,12,18-19,21,26-29,31-32H,6-8,10-11,13-17,20,22-24H2,1-5H3,(H,43,50)(H,45,49)/b12-9-/t26-,28-,31+,32+,42-/m1/s1. The molecule has 14 nitrogen and oxygen atoms in total. The highest BCUT2D eigenvalue weighted by Gasteiger charge is 2.61. The molecule has 0 unspecified atom stereocenters. The van der Waals surface area contributed by atoms with Crippen molar-refractivity contribution in [2.75, 3.05) is 13.7 Å². The fourth-order valence-corrected chi connectivity index (χ4v) is 9.60. The summed E-state index contributed by atoms with van der Waals surface area (Å²) >= 11 is 0. The summed E-state index contributed by atoms with van der Waals surface area (Å²) in [6.07, 6.45) is 9.94. The van der Waals surface area contributed by atoms with E-state index in [2.05, 4.69) is 10.0 Å². The Morgan fingerprint density at radius 2 is 1.74 bits per heavy atom. The lowest BCUT2D eigenvalue weighted by molar-refractivity contribution is -0.140. The first kappa shape index (κ1) is 40.8. The second-order valence-electron chi connectivity index (χ2n) is 17.5. The van der Waals surface area contributed by atoms with Crippen LogP contribution in [0.2, 0.25) is 0 Å². The maximum atomic E-state index is 14.7. The molecule has 3 heterocycles. The molecule has 1 saturated heterocycles. The van der Waals surface area contributed by atoms with E-state index in [1.54, 1.807) is 33.9 Å². The molecule has 0 spiro atoms. The lowest BCUT2D eigenvalue weighted by Gasteiger charge is -2.30. The van der Waals surface area contributed by atoms with Gasteiger partial charge in [0.2, 0.25) is 27.7 Å². The minimum atomic E-state index is -3.86. The molecular weight excluding hydrogens is 753 g/mol. The van der Waals surface area contributed by atoms with Crippen molar-refractivity contribution in [3.05, 3.63) is 35.9 Å². The van der Waals surface area contributed by atoms with Crippen molar-refractivity contribution in [1.29, 1.82) is 0 Å². The topological polar surface area (TPSA) is 180 Å². The van der Waals surface area contributed by atoms with Gasteiger partial charge in [-0.05, 0) is 104 Å². The van der Waals surface area contributed by atoms with Crippen molar-refractivity contribution in [3.63, 3.8) is 0 Å². The monoisotopic (exact) mass is 808 g/mol. The van der Waals surface area contributed by atoms with Gasteiger partial charge in [-0.25, -0.2) is 18.2 Å². The third kappa shape index (κ3) is 9.18. The fourth-order valence-electron chi connectivity index (χ4n) is 8.21. The van der Waals surface area contributed by atoms with Gasteiger partial charge >= 0.3 is 6.09 Å². The van der Waals surface area contributed by atoms with Crippen LogP contribution in [0.25, 0.3) is 10.9 Å². The number of sulfonamides is 1. The lowest BCUT2D eigenvalue weighted by atomic mass is 9.91. The van der Waals surface area contributed by atoms with Crippen LogP contribution in [0.1, 0.15) is 110 Å². The summed E-state index contributed by atoms with van der Waals surface area (Å²) in [5, 5.41) is 2.89. The van der Waals surface area contributed by atoms with E-state index in [9.17, 15) is 27.6 Å². The van der Waals surface area contributed by atoms with E-state index in [1.165, 1.54) is 4.90 Å². The number of nitrogens with zero attached hydrogens (tertiary/aromatic N) is 2. The Kier molecular flexibility index (Phi) is 11.5. The van der Waals surface area contributed by atoms with E-state index in [4.69, 9.17) is 23.9 Å². The molecule has 3 amide bonds. The van der Waals surface area contributed by atoms with Gasteiger partial charge in [-0.3, -0.25) is 19.1 Å². The first-order valence-electron chi connectivity index (χ1n) is 20.4. The van der Waals surface area contributed by atoms with E-state index in [0.29, 0.717) is 60.4 Å². The number of rotatable bonds is 9. The van der Waals surface area contributed by atoms with Gasteiger partial charge in [-0.2, -0.15) is 0 Å². The zero-order valence-electron chi connectivity index (χ0n) is 33.6. The van der Waals surface area contributed by atoms with Gasteiger partial charge in [0, 0.05) is 29.9 Å². The van der Waals surface area contributed by atoms with Crippen molar-refractivity contribution >= 4 is 44.6 Å². The normalized spacial score (nSPS) is 27.8. The Hall–Kier alpha value is -4.40. The number of amides is 3. The fraction of sp³-hybridized carbons (Fsp3) is 0.643. The molecule has 310 valence electrons. The van der Waals surface area contributed by atoms with Crippen LogP contribution in [0.4, 0.5) is 4.79 Å². The number of aryl methyl sites for hydroxylation is 1. The zero-order chi connectivity index (χ0) is 40.7. The number of carbonyl (C=O) groups is 4. The predicted octanol–water partition coefficient (Wildman–Crippen LogP) is 5.82. The molecule has 4 fully saturated rings. The molecule has 3 aliphatic carbocycles. The number of fused-ring (bicyclic) bond motifs is 3. The van der Waals surface area contributed by atoms with Crippen LogP contribution in [-0.4, -0.2) is 90.8 Å². The Morgan fingerprint density at radius 3 is 2.42 bits per heavy atom. The van der Waals surface area contributed by atoms with Crippen LogP contribution in [0.3, 0.4) is 0 Å². The van der Waals surface area contributed by atoms with Crippen LogP contribution in [0, 0.1) is 18.3 Å². The molecule has 0 bridgehead atoms. The van der Waals surface area contributed by atoms with Crippen LogP contribution in [0.5, 0.6) is 17.4 Å². The molecule has 57 heavy (non-hydrogen) atoms. The summed E-state index contributed by atoms with van der Waals surface area (Å²) in [6.45, 7) is 7.16. The number of aromatic nitrogens is 1. The smallest absolute Gasteiger partial charge is 0.408 e. The number of carbonyl (C=O) groups excluding carboxylic acids is 4. The summed E-state index contributed by atoms with van der Waals surface area (Å²) in [4.78, 5) is 62.5. The lowest BCUT2D eigenvalue weighted by Crippen LogP contribution is -2.53. The number of pyridine rings is 1. The second kappa shape index (κ2) is 16.1. The Bertz CT molecular complexity index is 2040. The van der Waals surface area contributed by atoms with Crippen molar-refractivity contribution < 1.29 is 46.5 Å². The average molecular weight is 809 g/mol. The highest BCUT2D eigenvalue weighted by Crippen LogP contribution is 2.57. The van der Waals surface area contributed by atoms with E-state index < -0.39 is 62.4 Å². The molecule has 1 aromatic heterocycles. The first-order valence-corrected chi connectivity index (χ1v) is 22.0. The maximum Gasteiger partial charge on any atom is 0.408 e. The molecule has 15 heteroatoms. The van der Waals surface area contributed by atoms with Crippen LogP contribution < -0.4 is 24.2 Å². The van der Waals surface area contributed by atoms with Crippen molar-refractivity contribution in [3.8, 4) is 17.4 Å². The third-order valence-electron chi connectivity index (χ3n) is 11.9. The van der Waals surface area contributed by atoms with Crippen LogP contribution in [-0.2, 0) is 29.1 Å². The minimum Gasteiger partial charge on any atom is -0.496 e. The summed E-state index contributed by atoms with van der Waals surface area (Å²) in [7, 11) is -2.27. The number of hydrogen-bond acceptors (Lipinski definition) is 11. The molecular formula is C42H56N4O10S. The predicted molar refractivity (Wildman–Crippen MR) is 211 cm³/mol. The molecule has 5 atom stereocenters. The molecule has 0 radical (unpaired) electrons. The number of benzene rings is 1. The molecule has 1 aromatic carbocycles. The number of hydrogen-bond donors (Lipinski definition) is 2. The van der Waals surface area contributed by atoms with Crippen molar-refractivity contribution in [2.24, 2.45) is 11.3 Å². The number of methoxy groups -OCH3 is 1. The van der Waals surface area contributed by atoms with Gasteiger partial charge in [0.05, 0.1) is 35.9 Å². The molecule has 5 aliphatic rings. The number of ether oxygens (including phenoxy) is 4. The Balaban J connectivity index is 1.22. The van der Waals surface area contributed by atoms with E-state index >= 15 is 0 Å². The number of nitrogens with one attached hydrogen (secondary N) is 2. The van der Waals surface area contributed by atoms with E-state index in [0.717, 1.165) is 44.1 Å². The van der Waals surface area contributed by atoms with Gasteiger partial charge in [0.1, 0.15) is 35.3 Å². The summed E-state index contributed by atoms with van der Waals surface area (Å²) < 4.78 is 52.2. The molecule has 7 rings (SSSR count). The summed E-state index contributed by atoms with van der Waals surface area (Å²) in [6, 6.07) is 3.46. The SMILES string of the molecule is COc1ccc2c(O[C@@H]3C[C@H]4C(=O)C[C@]5(C(=O)NS(=O)(=O)C6CC6)C[C@H]5/C=C\CCCCC[C@H](NC(=O)OC(C)(C)C)C(=O)N4C3)cc(OC3CCC3)nc2c1C. The first-order chi connectivity index (χ1) is 27.1. The van der Waals surface area contributed by atoms with Gasteiger partial charge in [0.15, 0.2) is 5.78 Å². The van der Waals surface area contributed by atoms with Gasteiger partial charge < -0.3 is 29.2 Å². The summed E-state index contributed by atoms with van der Waals surface area (Å²) in [5.74, 6) is -0.282. The highest BCUT2D eigenvalue weighted by molar-refractivity contribution is 7.90. The van der Waals surface area contributed by atoms with Crippen molar-refractivity contribution in [2.45, 2.75) is 146 Å². The molecule has 2 aliphatic heterocycles. The Morgan fingerprint density at radius 1 is 0.965 bits per heavy atom. The van der Waals surface area contributed by atoms with E-state index in [-0.39, 0.29) is 37.2 Å². The minimum absolute atomic E-state index is 0.0259. The Labute approximate surface area is 334 Å². The van der Waals surface area contributed by atoms with Crippen LogP contribution >= 0.6 is 0 Å². The number of Topliss-reactive ketones (excluding diaryl/α,β-unsaturated/α-hetero) is 1. The van der Waals surface area contributed by atoms with Crippen molar-refractivity contribution in [1.82, 2.24) is 19.9 Å². The average Bonchev–Trinajstić information content (AvgIpc) is 4.05. The molecule has 3 saturated carbocycles. The van der Waals surface area contributed by atoms with Gasteiger partial charge in [0.25, 0.3) is 0 Å². The second-order valence-corrected chi connectivity index (χ2v) is 19.4. The van der Waals surface area contributed by atoms with Gasteiger partial charge in [-0.1, -0.05) is 25.0 Å². The largest absolute Gasteiger partial charge is 0.496 e. The van der Waals surface area contributed by atoms with E-state index in [1.807, 2.05) is 31.2 Å². The highest BCUT2D eigenvalue weighted by atomic mass is 32.2. The van der Waals surface area contributed by atoms with Crippen LogP contribution in [0.15, 0.2) is 30.4 Å². The molecule has 2 aromatic rings.